The molecule has 2 rings (SSSR count). The van der Waals surface area contributed by atoms with Crippen LogP contribution < -0.4 is 10.1 Å². The molecule has 1 N–H and O–H groups in total. The van der Waals surface area contributed by atoms with E-state index in [0.717, 1.165) is 0 Å². The number of amides is 2. The van der Waals surface area contributed by atoms with Gasteiger partial charge in [-0.3, -0.25) is 9.59 Å². The van der Waals surface area contributed by atoms with Crippen molar-refractivity contribution < 1.29 is 27.5 Å². The Labute approximate surface area is 161 Å². The van der Waals surface area contributed by atoms with Crippen LogP contribution in [-0.4, -0.2) is 36.0 Å². The smallest absolute Gasteiger partial charge is 0.471 e. The van der Waals surface area contributed by atoms with Gasteiger partial charge >= 0.3 is 12.1 Å². The van der Waals surface area contributed by atoms with Crippen LogP contribution in [0.4, 0.5) is 18.9 Å². The monoisotopic (exact) mass is 394 g/mol. The predicted molar refractivity (Wildman–Crippen MR) is 99.2 cm³/mol. The summed E-state index contributed by atoms with van der Waals surface area (Å²) in [7, 11) is 0. The third kappa shape index (κ3) is 5.48. The van der Waals surface area contributed by atoms with Gasteiger partial charge in [0, 0.05) is 18.8 Å². The fourth-order valence-electron chi connectivity index (χ4n) is 2.61. The Morgan fingerprint density at radius 1 is 1.07 bits per heavy atom. The fourth-order valence-corrected chi connectivity index (χ4v) is 2.61. The number of nitrogens with one attached hydrogen (secondary N) is 1. The van der Waals surface area contributed by atoms with Crippen molar-refractivity contribution in [2.45, 2.75) is 26.6 Å². The molecule has 0 radical (unpaired) electrons. The van der Waals surface area contributed by atoms with Crippen LogP contribution in [-0.2, 0) is 11.3 Å². The molecule has 0 heterocycles. The summed E-state index contributed by atoms with van der Waals surface area (Å²) in [4.78, 5) is 24.7. The first-order valence-corrected chi connectivity index (χ1v) is 8.74. The van der Waals surface area contributed by atoms with Crippen LogP contribution >= 0.6 is 0 Å². The predicted octanol–water partition coefficient (Wildman–Crippen LogP) is 4.25. The van der Waals surface area contributed by atoms with Crippen molar-refractivity contribution in [2.75, 3.05) is 18.5 Å². The van der Waals surface area contributed by atoms with Gasteiger partial charge in [0.25, 0.3) is 5.91 Å². The lowest BCUT2D eigenvalue weighted by molar-refractivity contribution is -0.185. The van der Waals surface area contributed by atoms with Crippen LogP contribution in [0.1, 0.15) is 29.8 Å². The molecule has 8 heteroatoms. The maximum absolute atomic E-state index is 12.7. The van der Waals surface area contributed by atoms with E-state index in [1.807, 2.05) is 0 Å². The molecule has 28 heavy (non-hydrogen) atoms. The third-order valence-electron chi connectivity index (χ3n) is 3.90. The number of ether oxygens (including phenoxy) is 1. The molecule has 0 aliphatic rings. The molecule has 2 amide bonds. The summed E-state index contributed by atoms with van der Waals surface area (Å²) in [5.74, 6) is -1.86. The third-order valence-corrected chi connectivity index (χ3v) is 3.90. The van der Waals surface area contributed by atoms with Crippen molar-refractivity contribution in [1.29, 1.82) is 0 Å². The molecule has 0 atom stereocenters. The number of halogens is 3. The zero-order chi connectivity index (χ0) is 20.7. The zero-order valence-electron chi connectivity index (χ0n) is 15.5. The van der Waals surface area contributed by atoms with Crippen molar-refractivity contribution >= 4 is 17.5 Å². The van der Waals surface area contributed by atoms with Gasteiger partial charge in [-0.05, 0) is 43.7 Å². The number of para-hydroxylation sites is 1. The van der Waals surface area contributed by atoms with Crippen LogP contribution in [0.25, 0.3) is 0 Å². The SMILES string of the molecule is CCOc1ccccc1C(=O)Nc1cccc(CN(CC)C(=O)C(F)(F)F)c1. The Kier molecular flexibility index (Phi) is 7.03. The van der Waals surface area contributed by atoms with Gasteiger partial charge in [0.05, 0.1) is 12.2 Å². The molecule has 0 aliphatic heterocycles. The van der Waals surface area contributed by atoms with E-state index in [0.29, 0.717) is 34.1 Å². The number of hydrogen-bond donors (Lipinski definition) is 1. The van der Waals surface area contributed by atoms with Crippen LogP contribution in [0.15, 0.2) is 48.5 Å². The standard InChI is InChI=1S/C20H21F3N2O3/c1-3-25(19(27)20(21,22)23)13-14-8-7-9-15(12-14)24-18(26)16-10-5-6-11-17(16)28-4-2/h5-12H,3-4,13H2,1-2H3,(H,24,26). The molecule has 0 saturated heterocycles. The minimum absolute atomic E-state index is 0.0866. The molecule has 0 aromatic heterocycles. The highest BCUT2D eigenvalue weighted by atomic mass is 19.4. The molecule has 0 spiro atoms. The van der Waals surface area contributed by atoms with Gasteiger partial charge in [-0.15, -0.1) is 0 Å². The summed E-state index contributed by atoms with van der Waals surface area (Å²) < 4.78 is 43.4. The number of hydrogen-bond acceptors (Lipinski definition) is 3. The summed E-state index contributed by atoms with van der Waals surface area (Å²) in [6.07, 6.45) is -4.93. The van der Waals surface area contributed by atoms with Crippen LogP contribution in [0.3, 0.4) is 0 Å². The second kappa shape index (κ2) is 9.25. The van der Waals surface area contributed by atoms with Gasteiger partial charge in [0.2, 0.25) is 0 Å². The summed E-state index contributed by atoms with van der Waals surface area (Å²) in [5.41, 5.74) is 1.22. The number of anilines is 1. The first-order valence-electron chi connectivity index (χ1n) is 8.74. The molecule has 0 unspecified atom stereocenters. The molecule has 150 valence electrons. The van der Waals surface area contributed by atoms with Crippen molar-refractivity contribution in [3.63, 3.8) is 0 Å². The van der Waals surface area contributed by atoms with Gasteiger partial charge in [0.15, 0.2) is 0 Å². The lowest BCUT2D eigenvalue weighted by atomic mass is 10.1. The Balaban J connectivity index is 2.15. The van der Waals surface area contributed by atoms with E-state index in [4.69, 9.17) is 4.74 Å². The van der Waals surface area contributed by atoms with Gasteiger partial charge in [-0.2, -0.15) is 13.2 Å². The summed E-state index contributed by atoms with van der Waals surface area (Å²) in [6, 6.07) is 13.1. The molecule has 2 aromatic rings. The zero-order valence-corrected chi connectivity index (χ0v) is 15.5. The van der Waals surface area contributed by atoms with Crippen LogP contribution in [0, 0.1) is 0 Å². The number of carbonyl (C=O) groups is 2. The molecule has 0 fully saturated rings. The second-order valence-electron chi connectivity index (χ2n) is 5.90. The number of rotatable bonds is 7. The van der Waals surface area contributed by atoms with Crippen molar-refractivity contribution in [3.05, 3.63) is 59.7 Å². The molecule has 2 aromatic carbocycles. The highest BCUT2D eigenvalue weighted by molar-refractivity contribution is 6.06. The minimum atomic E-state index is -4.93. The highest BCUT2D eigenvalue weighted by Crippen LogP contribution is 2.22. The maximum Gasteiger partial charge on any atom is 0.471 e. The first-order chi connectivity index (χ1) is 13.3. The summed E-state index contributed by atoms with van der Waals surface area (Å²) in [5, 5.41) is 2.70. The van der Waals surface area contributed by atoms with Gasteiger partial charge in [-0.1, -0.05) is 24.3 Å². The van der Waals surface area contributed by atoms with Gasteiger partial charge in [-0.25, -0.2) is 0 Å². The normalized spacial score (nSPS) is 11.0. The Hall–Kier alpha value is -3.03. The quantitative estimate of drug-likeness (QED) is 0.764. The number of alkyl halides is 3. The lowest BCUT2D eigenvalue weighted by Gasteiger charge is -2.22. The first kappa shape index (κ1) is 21.3. The topological polar surface area (TPSA) is 58.6 Å². The lowest BCUT2D eigenvalue weighted by Crippen LogP contribution is -2.40. The molecule has 0 saturated carbocycles. The minimum Gasteiger partial charge on any atom is -0.493 e. The van der Waals surface area contributed by atoms with E-state index in [1.165, 1.54) is 13.0 Å². The number of carbonyl (C=O) groups excluding carboxylic acids is 2. The Bertz CT molecular complexity index is 837. The van der Waals surface area contributed by atoms with Gasteiger partial charge < -0.3 is 15.0 Å². The summed E-state index contributed by atoms with van der Waals surface area (Å²) >= 11 is 0. The molecule has 5 nitrogen and oxygen atoms in total. The molecular weight excluding hydrogens is 373 g/mol. The highest BCUT2D eigenvalue weighted by Gasteiger charge is 2.41. The van der Waals surface area contributed by atoms with E-state index in [-0.39, 0.29) is 13.1 Å². The van der Waals surface area contributed by atoms with Crippen LogP contribution in [0.5, 0.6) is 5.75 Å². The summed E-state index contributed by atoms with van der Waals surface area (Å²) in [6.45, 7) is 3.38. The molecular formula is C20H21F3N2O3. The van der Waals surface area contributed by atoms with Crippen LogP contribution in [0.2, 0.25) is 0 Å². The number of nitrogens with zero attached hydrogens (tertiary/aromatic N) is 1. The fraction of sp³-hybridized carbons (Fsp3) is 0.300. The number of benzene rings is 2. The van der Waals surface area contributed by atoms with E-state index in [2.05, 4.69) is 5.32 Å². The Morgan fingerprint density at radius 3 is 2.43 bits per heavy atom. The van der Waals surface area contributed by atoms with E-state index >= 15 is 0 Å². The van der Waals surface area contributed by atoms with Crippen molar-refractivity contribution in [1.82, 2.24) is 4.90 Å². The van der Waals surface area contributed by atoms with Gasteiger partial charge in [0.1, 0.15) is 5.75 Å². The Morgan fingerprint density at radius 2 is 1.79 bits per heavy atom. The average molecular weight is 394 g/mol. The molecule has 0 bridgehead atoms. The van der Waals surface area contributed by atoms with E-state index in [1.54, 1.807) is 49.4 Å². The maximum atomic E-state index is 12.7. The average Bonchev–Trinajstić information content (AvgIpc) is 2.66. The van der Waals surface area contributed by atoms with E-state index < -0.39 is 18.0 Å². The largest absolute Gasteiger partial charge is 0.493 e. The second-order valence-corrected chi connectivity index (χ2v) is 5.90. The van der Waals surface area contributed by atoms with Crippen molar-refractivity contribution in [3.8, 4) is 5.75 Å². The van der Waals surface area contributed by atoms with E-state index in [9.17, 15) is 22.8 Å². The molecule has 0 aliphatic carbocycles. The van der Waals surface area contributed by atoms with Crippen molar-refractivity contribution in [2.24, 2.45) is 0 Å².